The molecule has 2 heterocycles. The van der Waals surface area contributed by atoms with Gasteiger partial charge in [-0.25, -0.2) is 0 Å². The molecule has 0 spiro atoms. The first-order chi connectivity index (χ1) is 9.42. The van der Waals surface area contributed by atoms with Gasteiger partial charge >= 0.3 is 0 Å². The van der Waals surface area contributed by atoms with Gasteiger partial charge in [-0.3, -0.25) is 4.98 Å². The summed E-state index contributed by atoms with van der Waals surface area (Å²) < 4.78 is 0. The topological polar surface area (TPSA) is 28.2 Å². The molecule has 1 aromatic carbocycles. The Labute approximate surface area is 114 Å². The van der Waals surface area contributed by atoms with Crippen LogP contribution in [-0.4, -0.2) is 30.7 Å². The van der Waals surface area contributed by atoms with Crippen LogP contribution >= 0.6 is 0 Å². The molecule has 19 heavy (non-hydrogen) atoms. The smallest absolute Gasteiger partial charge is 0.0553 e. The SMILES string of the molecule is c1ccc(CC2CN(c3cccnc3)CCN2)cc1. The fraction of sp³-hybridized carbons (Fsp3) is 0.312. The molecule has 1 atom stereocenters. The van der Waals surface area contributed by atoms with E-state index in [1.807, 2.05) is 18.5 Å². The molecule has 2 aromatic rings. The summed E-state index contributed by atoms with van der Waals surface area (Å²) in [6.45, 7) is 3.13. The second-order valence-electron chi connectivity index (χ2n) is 5.00. The lowest BCUT2D eigenvalue weighted by Gasteiger charge is -2.35. The Balaban J connectivity index is 1.65. The molecule has 3 rings (SSSR count). The van der Waals surface area contributed by atoms with Crippen molar-refractivity contribution >= 4 is 5.69 Å². The van der Waals surface area contributed by atoms with Crippen molar-refractivity contribution in [2.45, 2.75) is 12.5 Å². The third-order valence-electron chi connectivity index (χ3n) is 3.59. The highest BCUT2D eigenvalue weighted by Gasteiger charge is 2.19. The molecule has 1 aliphatic heterocycles. The van der Waals surface area contributed by atoms with Crippen molar-refractivity contribution in [1.82, 2.24) is 10.3 Å². The quantitative estimate of drug-likeness (QED) is 0.908. The lowest BCUT2D eigenvalue weighted by atomic mass is 10.0. The van der Waals surface area contributed by atoms with E-state index in [0.717, 1.165) is 26.1 Å². The highest BCUT2D eigenvalue weighted by Crippen LogP contribution is 2.15. The lowest BCUT2D eigenvalue weighted by Crippen LogP contribution is -2.51. The summed E-state index contributed by atoms with van der Waals surface area (Å²) in [6, 6.07) is 15.3. The van der Waals surface area contributed by atoms with E-state index >= 15 is 0 Å². The van der Waals surface area contributed by atoms with Crippen molar-refractivity contribution in [3.05, 3.63) is 60.4 Å². The predicted molar refractivity (Wildman–Crippen MR) is 78.4 cm³/mol. The highest BCUT2D eigenvalue weighted by atomic mass is 15.2. The Bertz CT molecular complexity index is 498. The van der Waals surface area contributed by atoms with Crippen LogP contribution in [0, 0.1) is 0 Å². The van der Waals surface area contributed by atoms with Gasteiger partial charge in [-0.05, 0) is 24.1 Å². The van der Waals surface area contributed by atoms with Gasteiger partial charge in [0.05, 0.1) is 11.9 Å². The monoisotopic (exact) mass is 253 g/mol. The zero-order valence-electron chi connectivity index (χ0n) is 11.0. The first-order valence-corrected chi connectivity index (χ1v) is 6.84. The van der Waals surface area contributed by atoms with Crippen molar-refractivity contribution in [3.63, 3.8) is 0 Å². The summed E-state index contributed by atoms with van der Waals surface area (Å²) in [6.07, 6.45) is 4.86. The molecule has 0 radical (unpaired) electrons. The summed E-state index contributed by atoms with van der Waals surface area (Å²) in [5.41, 5.74) is 2.62. The fourth-order valence-corrected chi connectivity index (χ4v) is 2.64. The number of aromatic nitrogens is 1. The van der Waals surface area contributed by atoms with Crippen LogP contribution in [0.3, 0.4) is 0 Å². The molecule has 1 unspecified atom stereocenters. The zero-order chi connectivity index (χ0) is 12.9. The molecule has 0 bridgehead atoms. The van der Waals surface area contributed by atoms with Gasteiger partial charge < -0.3 is 10.2 Å². The molecule has 1 N–H and O–H groups in total. The Kier molecular flexibility index (Phi) is 3.75. The van der Waals surface area contributed by atoms with Gasteiger partial charge in [0.2, 0.25) is 0 Å². The minimum Gasteiger partial charge on any atom is -0.367 e. The van der Waals surface area contributed by atoms with Crippen molar-refractivity contribution in [2.75, 3.05) is 24.5 Å². The Morgan fingerprint density at radius 2 is 2.05 bits per heavy atom. The molecule has 1 aliphatic rings. The fourth-order valence-electron chi connectivity index (χ4n) is 2.64. The molecule has 1 saturated heterocycles. The second kappa shape index (κ2) is 5.85. The van der Waals surface area contributed by atoms with Gasteiger partial charge in [0.25, 0.3) is 0 Å². The number of hydrogen-bond acceptors (Lipinski definition) is 3. The van der Waals surface area contributed by atoms with Crippen LogP contribution in [-0.2, 0) is 6.42 Å². The van der Waals surface area contributed by atoms with Crippen LogP contribution in [0.1, 0.15) is 5.56 Å². The molecule has 0 amide bonds. The van der Waals surface area contributed by atoms with Gasteiger partial charge in [-0.2, -0.15) is 0 Å². The van der Waals surface area contributed by atoms with E-state index in [2.05, 4.69) is 51.6 Å². The van der Waals surface area contributed by atoms with Gasteiger partial charge in [0.1, 0.15) is 0 Å². The van der Waals surface area contributed by atoms with Crippen molar-refractivity contribution < 1.29 is 0 Å². The molecule has 3 nitrogen and oxygen atoms in total. The standard InChI is InChI=1S/C16H19N3/c1-2-5-14(6-3-1)11-15-13-19(10-9-18-15)16-7-4-8-17-12-16/h1-8,12,15,18H,9-11,13H2. The largest absolute Gasteiger partial charge is 0.367 e. The first kappa shape index (κ1) is 12.2. The number of anilines is 1. The Hall–Kier alpha value is -1.87. The molecular formula is C16H19N3. The first-order valence-electron chi connectivity index (χ1n) is 6.84. The van der Waals surface area contributed by atoms with E-state index in [1.54, 1.807) is 0 Å². The van der Waals surface area contributed by atoms with E-state index in [4.69, 9.17) is 0 Å². The van der Waals surface area contributed by atoms with Crippen molar-refractivity contribution in [2.24, 2.45) is 0 Å². The van der Waals surface area contributed by atoms with Gasteiger partial charge in [-0.1, -0.05) is 30.3 Å². The van der Waals surface area contributed by atoms with E-state index in [-0.39, 0.29) is 0 Å². The number of benzene rings is 1. The third kappa shape index (κ3) is 3.12. The van der Waals surface area contributed by atoms with Crippen LogP contribution in [0.5, 0.6) is 0 Å². The number of pyridine rings is 1. The molecule has 0 saturated carbocycles. The van der Waals surface area contributed by atoms with Crippen LogP contribution in [0.2, 0.25) is 0 Å². The number of nitrogens with one attached hydrogen (secondary N) is 1. The second-order valence-corrected chi connectivity index (χ2v) is 5.00. The van der Waals surface area contributed by atoms with Crippen molar-refractivity contribution in [3.8, 4) is 0 Å². The Morgan fingerprint density at radius 3 is 2.84 bits per heavy atom. The predicted octanol–water partition coefficient (Wildman–Crippen LogP) is 2.10. The lowest BCUT2D eigenvalue weighted by molar-refractivity contribution is 0.454. The number of hydrogen-bond donors (Lipinski definition) is 1. The maximum Gasteiger partial charge on any atom is 0.0553 e. The molecule has 3 heteroatoms. The number of nitrogens with zero attached hydrogens (tertiary/aromatic N) is 2. The normalized spacial score (nSPS) is 19.4. The van der Waals surface area contributed by atoms with Crippen molar-refractivity contribution in [1.29, 1.82) is 0 Å². The molecular weight excluding hydrogens is 234 g/mol. The zero-order valence-corrected chi connectivity index (χ0v) is 11.0. The van der Waals surface area contributed by atoms with Crippen LogP contribution < -0.4 is 10.2 Å². The van der Waals surface area contributed by atoms with E-state index in [1.165, 1.54) is 11.3 Å². The van der Waals surface area contributed by atoms with E-state index in [0.29, 0.717) is 6.04 Å². The summed E-state index contributed by atoms with van der Waals surface area (Å²) in [5.74, 6) is 0. The molecule has 1 aromatic heterocycles. The Morgan fingerprint density at radius 1 is 1.16 bits per heavy atom. The van der Waals surface area contributed by atoms with Gasteiger partial charge in [0.15, 0.2) is 0 Å². The average Bonchev–Trinajstić information content (AvgIpc) is 2.49. The third-order valence-corrected chi connectivity index (χ3v) is 3.59. The minimum atomic E-state index is 0.511. The summed E-state index contributed by atoms with van der Waals surface area (Å²) in [4.78, 5) is 6.62. The summed E-state index contributed by atoms with van der Waals surface area (Å²) in [7, 11) is 0. The van der Waals surface area contributed by atoms with Gasteiger partial charge in [0, 0.05) is 31.9 Å². The minimum absolute atomic E-state index is 0.511. The van der Waals surface area contributed by atoms with Crippen LogP contribution in [0.4, 0.5) is 5.69 Å². The summed E-state index contributed by atoms with van der Waals surface area (Å²) in [5, 5.41) is 3.61. The van der Waals surface area contributed by atoms with E-state index in [9.17, 15) is 0 Å². The van der Waals surface area contributed by atoms with Crippen LogP contribution in [0.15, 0.2) is 54.9 Å². The maximum atomic E-state index is 4.21. The molecule has 98 valence electrons. The average molecular weight is 253 g/mol. The number of piperazine rings is 1. The number of rotatable bonds is 3. The maximum absolute atomic E-state index is 4.21. The van der Waals surface area contributed by atoms with E-state index < -0.39 is 0 Å². The highest BCUT2D eigenvalue weighted by molar-refractivity contribution is 5.44. The molecule has 0 aliphatic carbocycles. The van der Waals surface area contributed by atoms with Crippen LogP contribution in [0.25, 0.3) is 0 Å². The molecule has 1 fully saturated rings. The summed E-state index contributed by atoms with van der Waals surface area (Å²) >= 11 is 0. The van der Waals surface area contributed by atoms with Gasteiger partial charge in [-0.15, -0.1) is 0 Å².